The Morgan fingerprint density at radius 2 is 2.00 bits per heavy atom. The van der Waals surface area contributed by atoms with Gasteiger partial charge in [0.1, 0.15) is 11.6 Å². The monoisotopic (exact) mass is 326 g/mol. The topological polar surface area (TPSA) is 17.1 Å². The molecule has 0 heterocycles. The molecule has 18 heavy (non-hydrogen) atoms. The molecule has 0 radical (unpaired) electrons. The first-order chi connectivity index (χ1) is 8.25. The highest BCUT2D eigenvalue weighted by atomic mass is 79.9. The van der Waals surface area contributed by atoms with Gasteiger partial charge in [-0.3, -0.25) is 4.79 Å². The lowest BCUT2D eigenvalue weighted by Gasteiger charge is -2.12. The van der Waals surface area contributed by atoms with Crippen LogP contribution in [-0.4, -0.2) is 10.6 Å². The van der Waals surface area contributed by atoms with Gasteiger partial charge in [-0.15, -0.1) is 0 Å². The van der Waals surface area contributed by atoms with Gasteiger partial charge in [-0.1, -0.05) is 28.9 Å². The van der Waals surface area contributed by atoms with Gasteiger partial charge in [-0.05, 0) is 24.1 Å². The van der Waals surface area contributed by atoms with Crippen molar-refractivity contribution < 1.29 is 22.4 Å². The molecule has 0 aliphatic carbocycles. The predicted octanol–water partition coefficient (Wildman–Crippen LogP) is 4.13. The summed E-state index contributed by atoms with van der Waals surface area (Å²) in [5.41, 5.74) is -1.03. The minimum Gasteiger partial charge on any atom is -0.298 e. The molecule has 100 valence electrons. The van der Waals surface area contributed by atoms with Crippen molar-refractivity contribution in [2.45, 2.75) is 30.8 Å². The lowest BCUT2D eigenvalue weighted by Crippen LogP contribution is -2.16. The van der Waals surface area contributed by atoms with Crippen LogP contribution in [0.3, 0.4) is 0 Å². The average Bonchev–Trinajstić information content (AvgIpc) is 2.29. The molecule has 0 fully saturated rings. The number of benzene rings is 1. The number of hydrogen-bond acceptors (Lipinski definition) is 1. The van der Waals surface area contributed by atoms with E-state index in [1.165, 1.54) is 6.07 Å². The third kappa shape index (κ3) is 3.80. The largest absolute Gasteiger partial charge is 0.419 e. The molecule has 1 aromatic rings. The van der Waals surface area contributed by atoms with Crippen molar-refractivity contribution >= 4 is 21.7 Å². The zero-order valence-corrected chi connectivity index (χ0v) is 11.1. The number of carbonyl (C=O) groups excluding carboxylic acids is 1. The number of halogens is 5. The summed E-state index contributed by atoms with van der Waals surface area (Å²) < 4.78 is 50.4. The Morgan fingerprint density at radius 1 is 1.39 bits per heavy atom. The maximum absolute atomic E-state index is 13.0. The molecule has 0 bridgehead atoms. The molecule has 0 aliphatic heterocycles. The number of ketones is 1. The van der Waals surface area contributed by atoms with Crippen LogP contribution in [0.2, 0.25) is 0 Å². The van der Waals surface area contributed by atoms with Gasteiger partial charge in [0.15, 0.2) is 0 Å². The van der Waals surface area contributed by atoms with Crippen LogP contribution in [0, 0.1) is 5.82 Å². The lowest BCUT2D eigenvalue weighted by molar-refractivity contribution is -0.140. The number of alkyl halides is 4. The zero-order chi connectivity index (χ0) is 13.9. The fourth-order valence-corrected chi connectivity index (χ4v) is 2.16. The maximum atomic E-state index is 13.0. The van der Waals surface area contributed by atoms with Crippen LogP contribution in [0.4, 0.5) is 17.6 Å². The first kappa shape index (κ1) is 15.1. The number of Topliss-reactive ketones (excluding diaryl/α,β-unsaturated/α-hetero) is 1. The fraction of sp³-hybridized carbons (Fsp3) is 0.417. The summed E-state index contributed by atoms with van der Waals surface area (Å²) >= 11 is 3.11. The van der Waals surface area contributed by atoms with Crippen molar-refractivity contribution in [2.24, 2.45) is 0 Å². The molecule has 0 saturated carbocycles. The number of rotatable bonds is 4. The van der Waals surface area contributed by atoms with Crippen LogP contribution in [-0.2, 0) is 17.4 Å². The quantitative estimate of drug-likeness (QED) is 0.600. The van der Waals surface area contributed by atoms with E-state index >= 15 is 0 Å². The summed E-state index contributed by atoms with van der Waals surface area (Å²) in [6, 6.07) is 2.77. The smallest absolute Gasteiger partial charge is 0.298 e. The third-order valence-corrected chi connectivity index (χ3v) is 3.28. The Bertz CT molecular complexity index is 442. The summed E-state index contributed by atoms with van der Waals surface area (Å²) in [5, 5.41) is 0. The number of carbonyl (C=O) groups is 1. The third-order valence-electron chi connectivity index (χ3n) is 2.45. The molecule has 0 aromatic heterocycles. The van der Waals surface area contributed by atoms with E-state index in [1.807, 2.05) is 0 Å². The van der Waals surface area contributed by atoms with Crippen molar-refractivity contribution in [3.8, 4) is 0 Å². The van der Waals surface area contributed by atoms with Crippen LogP contribution < -0.4 is 0 Å². The number of hydrogen-bond donors (Lipinski definition) is 0. The maximum Gasteiger partial charge on any atom is 0.419 e. The van der Waals surface area contributed by atoms with E-state index < -0.39 is 22.4 Å². The van der Waals surface area contributed by atoms with E-state index in [2.05, 4.69) is 15.9 Å². The predicted molar refractivity (Wildman–Crippen MR) is 63.1 cm³/mol. The van der Waals surface area contributed by atoms with E-state index in [1.54, 1.807) is 6.92 Å². The second-order valence-electron chi connectivity index (χ2n) is 3.80. The molecule has 0 N–H and O–H groups in total. The van der Waals surface area contributed by atoms with Crippen molar-refractivity contribution in [3.63, 3.8) is 0 Å². The summed E-state index contributed by atoms with van der Waals surface area (Å²) in [6.45, 7) is 1.67. The molecule has 1 aromatic carbocycles. The van der Waals surface area contributed by atoms with Crippen molar-refractivity contribution in [1.82, 2.24) is 0 Å². The van der Waals surface area contributed by atoms with Crippen molar-refractivity contribution in [1.29, 1.82) is 0 Å². The Balaban J connectivity index is 2.96. The summed E-state index contributed by atoms with van der Waals surface area (Å²) in [5.74, 6) is -1.41. The molecule has 1 rings (SSSR count). The molecule has 0 saturated heterocycles. The van der Waals surface area contributed by atoms with Gasteiger partial charge in [-0.25, -0.2) is 4.39 Å². The van der Waals surface area contributed by atoms with Crippen molar-refractivity contribution in [3.05, 3.63) is 35.1 Å². The first-order valence-corrected chi connectivity index (χ1v) is 6.19. The molecule has 0 spiro atoms. The second-order valence-corrected chi connectivity index (χ2v) is 4.91. The van der Waals surface area contributed by atoms with E-state index in [4.69, 9.17) is 0 Å². The van der Waals surface area contributed by atoms with Crippen LogP contribution in [0.5, 0.6) is 0 Å². The molecule has 1 atom stereocenters. The molecular formula is C12H11BrF4O. The van der Waals surface area contributed by atoms with Crippen LogP contribution >= 0.6 is 15.9 Å². The minimum atomic E-state index is -4.73. The van der Waals surface area contributed by atoms with Crippen LogP contribution in [0.1, 0.15) is 24.5 Å². The van der Waals surface area contributed by atoms with E-state index in [-0.39, 0.29) is 17.8 Å². The van der Waals surface area contributed by atoms with Gasteiger partial charge in [0.2, 0.25) is 0 Å². The first-order valence-electron chi connectivity index (χ1n) is 5.28. The fourth-order valence-electron chi connectivity index (χ4n) is 1.46. The van der Waals surface area contributed by atoms with E-state index in [0.717, 1.165) is 12.1 Å². The Morgan fingerprint density at radius 3 is 2.50 bits per heavy atom. The lowest BCUT2D eigenvalue weighted by atomic mass is 10.0. The molecule has 6 heteroatoms. The van der Waals surface area contributed by atoms with Gasteiger partial charge >= 0.3 is 6.18 Å². The van der Waals surface area contributed by atoms with E-state index in [9.17, 15) is 22.4 Å². The average molecular weight is 327 g/mol. The SMILES string of the molecule is CCC(=O)C(Br)Cc1ccc(F)c(C(F)(F)F)c1. The Kier molecular flexibility index (Phi) is 4.90. The Hall–Kier alpha value is -0.910. The van der Waals surface area contributed by atoms with Gasteiger partial charge in [-0.2, -0.15) is 13.2 Å². The normalized spacial score (nSPS) is 13.4. The highest BCUT2D eigenvalue weighted by Crippen LogP contribution is 2.32. The summed E-state index contributed by atoms with van der Waals surface area (Å²) in [4.78, 5) is 10.8. The molecule has 0 amide bonds. The highest BCUT2D eigenvalue weighted by Gasteiger charge is 2.34. The van der Waals surface area contributed by atoms with Gasteiger partial charge in [0.25, 0.3) is 0 Å². The molecule has 1 nitrogen and oxygen atoms in total. The van der Waals surface area contributed by atoms with Gasteiger partial charge in [0, 0.05) is 6.42 Å². The van der Waals surface area contributed by atoms with Gasteiger partial charge < -0.3 is 0 Å². The van der Waals surface area contributed by atoms with Crippen LogP contribution in [0.25, 0.3) is 0 Å². The summed E-state index contributed by atoms with van der Waals surface area (Å²) in [6.07, 6.45) is -4.32. The van der Waals surface area contributed by atoms with Crippen molar-refractivity contribution in [2.75, 3.05) is 0 Å². The zero-order valence-electron chi connectivity index (χ0n) is 9.52. The highest BCUT2D eigenvalue weighted by molar-refractivity contribution is 9.10. The van der Waals surface area contributed by atoms with Gasteiger partial charge in [0.05, 0.1) is 10.4 Å². The van der Waals surface area contributed by atoms with Crippen LogP contribution in [0.15, 0.2) is 18.2 Å². The van der Waals surface area contributed by atoms with E-state index in [0.29, 0.717) is 6.42 Å². The second kappa shape index (κ2) is 5.82. The molecular weight excluding hydrogens is 316 g/mol. The standard InChI is InChI=1S/C12H11BrF4O/c1-2-11(18)9(13)6-7-3-4-10(14)8(5-7)12(15,16)17/h3-5,9H,2,6H2,1H3. The summed E-state index contributed by atoms with van der Waals surface area (Å²) in [7, 11) is 0. The Labute approximate surface area is 110 Å². The molecule has 1 unspecified atom stereocenters. The molecule has 0 aliphatic rings. The minimum absolute atomic E-state index is 0.104.